The van der Waals surface area contributed by atoms with Crippen LogP contribution in [-0.4, -0.2) is 17.7 Å². The molecule has 2 aromatic rings. The molecule has 0 fully saturated rings. The second kappa shape index (κ2) is 8.02. The maximum absolute atomic E-state index is 12.7. The Labute approximate surface area is 142 Å². The van der Waals surface area contributed by atoms with Gasteiger partial charge in [0.15, 0.2) is 0 Å². The lowest BCUT2D eigenvalue weighted by molar-refractivity contribution is -0.142. The molecular formula is C18H17F3O4. The van der Waals surface area contributed by atoms with Crippen LogP contribution in [0.5, 0.6) is 11.5 Å². The summed E-state index contributed by atoms with van der Waals surface area (Å²) in [5.41, 5.74) is -0.195. The number of benzene rings is 2. The predicted octanol–water partition coefficient (Wildman–Crippen LogP) is 4.10. The zero-order valence-electron chi connectivity index (χ0n) is 13.5. The Morgan fingerprint density at radius 1 is 1.16 bits per heavy atom. The van der Waals surface area contributed by atoms with Gasteiger partial charge in [-0.1, -0.05) is 12.1 Å². The molecule has 4 nitrogen and oxygen atoms in total. The zero-order valence-corrected chi connectivity index (χ0v) is 13.5. The monoisotopic (exact) mass is 354 g/mol. The fourth-order valence-corrected chi connectivity index (χ4v) is 2.20. The number of aliphatic hydroxyl groups excluding tert-OH is 1. The number of esters is 1. The normalized spacial score (nSPS) is 11.2. The van der Waals surface area contributed by atoms with Crippen LogP contribution in [0.3, 0.4) is 0 Å². The number of aliphatic hydroxyl groups is 1. The minimum Gasteiger partial charge on any atom is -0.466 e. The van der Waals surface area contributed by atoms with E-state index >= 15 is 0 Å². The van der Waals surface area contributed by atoms with Crippen LogP contribution in [-0.2, 0) is 28.7 Å². The predicted molar refractivity (Wildman–Crippen MR) is 84.2 cm³/mol. The Balaban J connectivity index is 2.20. The quantitative estimate of drug-likeness (QED) is 0.794. The van der Waals surface area contributed by atoms with Crippen LogP contribution in [0.2, 0.25) is 0 Å². The molecule has 0 saturated heterocycles. The number of carbonyl (C=O) groups excluding carboxylic acids is 1. The summed E-state index contributed by atoms with van der Waals surface area (Å²) in [5.74, 6) is 0.0743. The van der Waals surface area contributed by atoms with Crippen LogP contribution in [0.1, 0.15) is 23.6 Å². The number of hydrogen-bond donors (Lipinski definition) is 1. The van der Waals surface area contributed by atoms with Crippen molar-refractivity contribution in [1.29, 1.82) is 0 Å². The molecule has 134 valence electrons. The van der Waals surface area contributed by atoms with Crippen molar-refractivity contribution in [3.63, 3.8) is 0 Å². The fraction of sp³-hybridized carbons (Fsp3) is 0.278. The second-order valence-electron chi connectivity index (χ2n) is 5.21. The second-order valence-corrected chi connectivity index (χ2v) is 5.21. The summed E-state index contributed by atoms with van der Waals surface area (Å²) in [6.07, 6.45) is -4.44. The van der Waals surface area contributed by atoms with Crippen molar-refractivity contribution in [1.82, 2.24) is 0 Å². The van der Waals surface area contributed by atoms with E-state index in [2.05, 4.69) is 0 Å². The first kappa shape index (κ1) is 18.8. The Morgan fingerprint density at radius 2 is 1.92 bits per heavy atom. The van der Waals surface area contributed by atoms with Crippen LogP contribution >= 0.6 is 0 Å². The summed E-state index contributed by atoms with van der Waals surface area (Å²) in [4.78, 5) is 11.5. The van der Waals surface area contributed by atoms with E-state index in [-0.39, 0.29) is 30.3 Å². The van der Waals surface area contributed by atoms with Crippen molar-refractivity contribution in [3.05, 3.63) is 59.2 Å². The van der Waals surface area contributed by atoms with E-state index in [1.165, 1.54) is 0 Å². The molecule has 25 heavy (non-hydrogen) atoms. The lowest BCUT2D eigenvalue weighted by Crippen LogP contribution is -2.07. The van der Waals surface area contributed by atoms with Gasteiger partial charge in [0.05, 0.1) is 25.2 Å². The van der Waals surface area contributed by atoms with Gasteiger partial charge in [-0.15, -0.1) is 0 Å². The van der Waals surface area contributed by atoms with Gasteiger partial charge >= 0.3 is 12.1 Å². The molecule has 0 unspecified atom stereocenters. The zero-order chi connectivity index (χ0) is 18.4. The number of ether oxygens (including phenoxy) is 2. The van der Waals surface area contributed by atoms with Crippen LogP contribution in [0.4, 0.5) is 13.2 Å². The largest absolute Gasteiger partial charge is 0.466 e. The number of halogens is 3. The van der Waals surface area contributed by atoms with Crippen molar-refractivity contribution in [2.75, 3.05) is 6.61 Å². The molecule has 2 aromatic carbocycles. The molecule has 0 aromatic heterocycles. The minimum atomic E-state index is -4.50. The molecule has 0 saturated carbocycles. The van der Waals surface area contributed by atoms with E-state index in [4.69, 9.17) is 9.47 Å². The molecule has 0 aliphatic heterocycles. The molecule has 0 aliphatic rings. The Hall–Kier alpha value is -2.54. The van der Waals surface area contributed by atoms with Gasteiger partial charge in [0, 0.05) is 5.56 Å². The average Bonchev–Trinajstić information content (AvgIpc) is 2.54. The number of carbonyl (C=O) groups is 1. The number of hydrogen-bond acceptors (Lipinski definition) is 4. The van der Waals surface area contributed by atoms with Gasteiger partial charge in [-0.05, 0) is 42.8 Å². The highest BCUT2D eigenvalue weighted by molar-refractivity contribution is 5.72. The Kier molecular flexibility index (Phi) is 6.03. The van der Waals surface area contributed by atoms with Gasteiger partial charge in [-0.25, -0.2) is 0 Å². The fourth-order valence-electron chi connectivity index (χ4n) is 2.20. The summed E-state index contributed by atoms with van der Waals surface area (Å²) in [7, 11) is 0. The van der Waals surface area contributed by atoms with E-state index in [0.29, 0.717) is 11.3 Å². The van der Waals surface area contributed by atoms with Gasteiger partial charge in [0.2, 0.25) is 0 Å². The molecule has 0 bridgehead atoms. The van der Waals surface area contributed by atoms with Crippen molar-refractivity contribution in [2.24, 2.45) is 0 Å². The van der Waals surface area contributed by atoms with E-state index in [1.807, 2.05) is 0 Å². The Bertz CT molecular complexity index is 741. The van der Waals surface area contributed by atoms with Crippen LogP contribution < -0.4 is 4.74 Å². The standard InChI is InChI=1S/C18H17F3O4/c1-2-24-17(23)9-12-4-3-5-15(8-12)25-16-7-6-14(18(19,20)21)10-13(16)11-22/h3-8,10,22H,2,9,11H2,1H3. The first-order valence-electron chi connectivity index (χ1n) is 7.57. The van der Waals surface area contributed by atoms with E-state index in [0.717, 1.165) is 18.2 Å². The summed E-state index contributed by atoms with van der Waals surface area (Å²) < 4.78 is 48.6. The third kappa shape index (κ3) is 5.22. The molecule has 0 amide bonds. The van der Waals surface area contributed by atoms with Crippen LogP contribution in [0.15, 0.2) is 42.5 Å². The molecule has 0 aliphatic carbocycles. The summed E-state index contributed by atoms with van der Waals surface area (Å²) >= 11 is 0. The number of rotatable bonds is 6. The van der Waals surface area contributed by atoms with E-state index in [1.54, 1.807) is 31.2 Å². The molecule has 0 spiro atoms. The topological polar surface area (TPSA) is 55.8 Å². The molecule has 0 radical (unpaired) electrons. The third-order valence-electron chi connectivity index (χ3n) is 3.34. The minimum absolute atomic E-state index is 0.0191. The average molecular weight is 354 g/mol. The first-order chi connectivity index (χ1) is 11.8. The maximum Gasteiger partial charge on any atom is 0.416 e. The first-order valence-corrected chi connectivity index (χ1v) is 7.57. The Morgan fingerprint density at radius 3 is 2.56 bits per heavy atom. The van der Waals surface area contributed by atoms with E-state index in [9.17, 15) is 23.1 Å². The van der Waals surface area contributed by atoms with Gasteiger partial charge in [-0.3, -0.25) is 4.79 Å². The van der Waals surface area contributed by atoms with Crippen molar-refractivity contribution in [2.45, 2.75) is 26.1 Å². The maximum atomic E-state index is 12.7. The molecular weight excluding hydrogens is 337 g/mol. The summed E-state index contributed by atoms with van der Waals surface area (Å²) in [6.45, 7) is 1.39. The van der Waals surface area contributed by atoms with Crippen LogP contribution in [0.25, 0.3) is 0 Å². The lowest BCUT2D eigenvalue weighted by atomic mass is 10.1. The smallest absolute Gasteiger partial charge is 0.416 e. The number of alkyl halides is 3. The highest BCUT2D eigenvalue weighted by Crippen LogP contribution is 2.34. The summed E-state index contributed by atoms with van der Waals surface area (Å²) in [6, 6.07) is 9.46. The van der Waals surface area contributed by atoms with Gasteiger partial charge in [0.25, 0.3) is 0 Å². The van der Waals surface area contributed by atoms with Gasteiger partial charge in [0.1, 0.15) is 11.5 Å². The van der Waals surface area contributed by atoms with E-state index < -0.39 is 18.3 Å². The lowest BCUT2D eigenvalue weighted by Gasteiger charge is -2.13. The van der Waals surface area contributed by atoms with Gasteiger partial charge < -0.3 is 14.6 Å². The van der Waals surface area contributed by atoms with Crippen molar-refractivity contribution in [3.8, 4) is 11.5 Å². The third-order valence-corrected chi connectivity index (χ3v) is 3.34. The molecule has 1 N–H and O–H groups in total. The van der Waals surface area contributed by atoms with Crippen molar-refractivity contribution >= 4 is 5.97 Å². The van der Waals surface area contributed by atoms with Crippen molar-refractivity contribution < 1.29 is 32.5 Å². The highest BCUT2D eigenvalue weighted by Gasteiger charge is 2.31. The van der Waals surface area contributed by atoms with Gasteiger partial charge in [-0.2, -0.15) is 13.2 Å². The molecule has 0 atom stereocenters. The SMILES string of the molecule is CCOC(=O)Cc1cccc(Oc2ccc(C(F)(F)F)cc2CO)c1. The molecule has 2 rings (SSSR count). The van der Waals surface area contributed by atoms with Crippen LogP contribution in [0, 0.1) is 0 Å². The highest BCUT2D eigenvalue weighted by atomic mass is 19.4. The summed E-state index contributed by atoms with van der Waals surface area (Å²) in [5, 5.41) is 9.31. The molecule has 0 heterocycles. The molecule has 7 heteroatoms.